The molecular weight excluding hydrogens is 162 g/mol. The summed E-state index contributed by atoms with van der Waals surface area (Å²) in [6, 6.07) is 0. The van der Waals surface area contributed by atoms with E-state index in [2.05, 4.69) is 10.2 Å². The van der Waals surface area contributed by atoms with Crippen LogP contribution in [-0.4, -0.2) is 30.3 Å². The molecule has 1 aliphatic carbocycles. The molecule has 0 aromatic rings. The summed E-state index contributed by atoms with van der Waals surface area (Å²) in [6.07, 6.45) is 8.28. The molecule has 3 N–H and O–H groups in total. The van der Waals surface area contributed by atoms with Crippen LogP contribution in [0.5, 0.6) is 0 Å². The topological polar surface area (TPSA) is 41.3 Å². The maximum atomic E-state index is 6.05. The van der Waals surface area contributed by atoms with Gasteiger partial charge in [0.1, 0.15) is 6.29 Å². The van der Waals surface area contributed by atoms with Crippen molar-refractivity contribution in [2.75, 3.05) is 13.6 Å². The summed E-state index contributed by atoms with van der Waals surface area (Å²) in [4.78, 5) is 2.49. The highest BCUT2D eigenvalue weighted by atomic mass is 15.4. The lowest BCUT2D eigenvalue weighted by molar-refractivity contribution is 0.0786. The number of nitrogens with one attached hydrogen (secondary N) is 1. The zero-order valence-corrected chi connectivity index (χ0v) is 8.55. The molecule has 0 bridgehead atoms. The van der Waals surface area contributed by atoms with Crippen LogP contribution in [0.1, 0.15) is 38.5 Å². The van der Waals surface area contributed by atoms with Gasteiger partial charge in [-0.1, -0.05) is 12.8 Å². The highest BCUT2D eigenvalue weighted by Gasteiger charge is 2.44. The highest BCUT2D eigenvalue weighted by molar-refractivity contribution is 4.99. The molecule has 13 heavy (non-hydrogen) atoms. The van der Waals surface area contributed by atoms with E-state index < -0.39 is 0 Å². The van der Waals surface area contributed by atoms with E-state index in [0.29, 0.717) is 5.54 Å². The molecule has 2 aliphatic rings. The Balaban J connectivity index is 2.08. The first-order valence-electron chi connectivity index (χ1n) is 5.48. The van der Waals surface area contributed by atoms with Gasteiger partial charge in [0.25, 0.3) is 0 Å². The van der Waals surface area contributed by atoms with Crippen LogP contribution in [0.2, 0.25) is 0 Å². The van der Waals surface area contributed by atoms with E-state index in [9.17, 15) is 0 Å². The second-order valence-electron chi connectivity index (χ2n) is 4.46. The van der Waals surface area contributed by atoms with Crippen LogP contribution in [0.3, 0.4) is 0 Å². The molecule has 0 radical (unpaired) electrons. The quantitative estimate of drug-likeness (QED) is 0.624. The van der Waals surface area contributed by atoms with Crippen LogP contribution in [0, 0.1) is 0 Å². The maximum absolute atomic E-state index is 6.05. The lowest BCUT2D eigenvalue weighted by atomic mass is 9.94. The first kappa shape index (κ1) is 9.44. The lowest BCUT2D eigenvalue weighted by Crippen LogP contribution is -2.57. The fourth-order valence-electron chi connectivity index (χ4n) is 3.12. The Kier molecular flexibility index (Phi) is 2.58. The molecule has 1 aliphatic heterocycles. The van der Waals surface area contributed by atoms with E-state index in [4.69, 9.17) is 5.73 Å². The van der Waals surface area contributed by atoms with Crippen molar-refractivity contribution in [1.82, 2.24) is 10.2 Å². The van der Waals surface area contributed by atoms with Crippen molar-refractivity contribution in [3.8, 4) is 0 Å². The van der Waals surface area contributed by atoms with Crippen LogP contribution in [0.4, 0.5) is 0 Å². The molecule has 1 atom stereocenters. The van der Waals surface area contributed by atoms with E-state index in [1.54, 1.807) is 0 Å². The zero-order chi connectivity index (χ0) is 9.31. The standard InChI is InChI=1S/C10H21N3/c1-12-9(11)13-8-4-7-10(13)5-2-3-6-10/h9,12H,2-8,11H2,1H3. The van der Waals surface area contributed by atoms with E-state index in [1.807, 2.05) is 7.05 Å². The van der Waals surface area contributed by atoms with Crippen LogP contribution in [-0.2, 0) is 0 Å². The van der Waals surface area contributed by atoms with E-state index in [0.717, 1.165) is 0 Å². The lowest BCUT2D eigenvalue weighted by Gasteiger charge is -2.38. The van der Waals surface area contributed by atoms with Crippen molar-refractivity contribution >= 4 is 0 Å². The molecule has 0 aromatic heterocycles. The Labute approximate surface area is 80.7 Å². The van der Waals surface area contributed by atoms with Gasteiger partial charge in [0.15, 0.2) is 0 Å². The Morgan fingerprint density at radius 1 is 1.23 bits per heavy atom. The van der Waals surface area contributed by atoms with Crippen molar-refractivity contribution < 1.29 is 0 Å². The van der Waals surface area contributed by atoms with Gasteiger partial charge in [0.05, 0.1) is 0 Å². The Bertz CT molecular complexity index is 169. The summed E-state index contributed by atoms with van der Waals surface area (Å²) in [7, 11) is 1.95. The number of nitrogens with two attached hydrogens (primary N) is 1. The van der Waals surface area contributed by atoms with Gasteiger partial charge in [-0.2, -0.15) is 0 Å². The van der Waals surface area contributed by atoms with E-state index in [1.165, 1.54) is 45.1 Å². The predicted molar refractivity (Wildman–Crippen MR) is 54.2 cm³/mol. The minimum absolute atomic E-state index is 0.0700. The van der Waals surface area contributed by atoms with E-state index >= 15 is 0 Å². The van der Waals surface area contributed by atoms with Gasteiger partial charge < -0.3 is 5.73 Å². The SMILES string of the molecule is CNC(N)N1CCCC12CCCC2. The van der Waals surface area contributed by atoms with E-state index in [-0.39, 0.29) is 6.29 Å². The molecule has 0 amide bonds. The van der Waals surface area contributed by atoms with Crippen LogP contribution < -0.4 is 11.1 Å². The van der Waals surface area contributed by atoms with Crippen molar-refractivity contribution in [3.05, 3.63) is 0 Å². The van der Waals surface area contributed by atoms with Gasteiger partial charge in [0.2, 0.25) is 0 Å². The fraction of sp³-hybridized carbons (Fsp3) is 1.00. The second kappa shape index (κ2) is 3.56. The van der Waals surface area contributed by atoms with Crippen LogP contribution in [0.15, 0.2) is 0 Å². The molecule has 1 heterocycles. The predicted octanol–water partition coefficient (Wildman–Crippen LogP) is 0.857. The third-order valence-electron chi connectivity index (χ3n) is 3.82. The van der Waals surface area contributed by atoms with Gasteiger partial charge in [-0.3, -0.25) is 10.2 Å². The van der Waals surface area contributed by atoms with Crippen molar-refractivity contribution in [3.63, 3.8) is 0 Å². The summed E-state index contributed by atoms with van der Waals surface area (Å²) in [5, 5.41) is 3.16. The summed E-state index contributed by atoms with van der Waals surface area (Å²) >= 11 is 0. The Morgan fingerprint density at radius 2 is 1.85 bits per heavy atom. The molecule has 3 heteroatoms. The number of nitrogens with zero attached hydrogens (tertiary/aromatic N) is 1. The second-order valence-corrected chi connectivity index (χ2v) is 4.46. The molecule has 76 valence electrons. The highest BCUT2D eigenvalue weighted by Crippen LogP contribution is 2.43. The first-order chi connectivity index (χ1) is 6.28. The smallest absolute Gasteiger partial charge is 0.112 e. The Morgan fingerprint density at radius 3 is 2.46 bits per heavy atom. The summed E-state index contributed by atoms with van der Waals surface area (Å²) in [6.45, 7) is 1.18. The number of hydrogen-bond donors (Lipinski definition) is 2. The van der Waals surface area contributed by atoms with Crippen LogP contribution in [0.25, 0.3) is 0 Å². The molecule has 0 aromatic carbocycles. The third kappa shape index (κ3) is 1.49. The largest absolute Gasteiger partial charge is 0.303 e. The summed E-state index contributed by atoms with van der Waals surface area (Å²) < 4.78 is 0. The molecule has 1 unspecified atom stereocenters. The van der Waals surface area contributed by atoms with Crippen molar-refractivity contribution in [1.29, 1.82) is 0 Å². The van der Waals surface area contributed by atoms with Gasteiger partial charge in [-0.05, 0) is 32.7 Å². The third-order valence-corrected chi connectivity index (χ3v) is 3.82. The van der Waals surface area contributed by atoms with Gasteiger partial charge in [0, 0.05) is 12.1 Å². The minimum Gasteiger partial charge on any atom is -0.303 e. The zero-order valence-electron chi connectivity index (χ0n) is 8.55. The van der Waals surface area contributed by atoms with Crippen molar-refractivity contribution in [2.45, 2.75) is 50.4 Å². The number of hydrogen-bond acceptors (Lipinski definition) is 3. The summed E-state index contributed by atoms with van der Waals surface area (Å²) in [5.74, 6) is 0. The minimum atomic E-state index is 0.0700. The van der Waals surface area contributed by atoms with Gasteiger partial charge in [-0.25, -0.2) is 0 Å². The molecular formula is C10H21N3. The van der Waals surface area contributed by atoms with Crippen LogP contribution >= 0.6 is 0 Å². The number of likely N-dealkylation sites (tertiary alicyclic amines) is 1. The maximum Gasteiger partial charge on any atom is 0.112 e. The van der Waals surface area contributed by atoms with Crippen molar-refractivity contribution in [2.24, 2.45) is 5.73 Å². The molecule has 2 rings (SSSR count). The van der Waals surface area contributed by atoms with Gasteiger partial charge in [-0.15, -0.1) is 0 Å². The van der Waals surface area contributed by atoms with Gasteiger partial charge >= 0.3 is 0 Å². The molecule has 2 fully saturated rings. The monoisotopic (exact) mass is 183 g/mol. The average molecular weight is 183 g/mol. The Hall–Kier alpha value is -0.120. The molecule has 1 saturated carbocycles. The number of rotatable bonds is 2. The molecule has 3 nitrogen and oxygen atoms in total. The summed E-state index contributed by atoms with van der Waals surface area (Å²) in [5.41, 5.74) is 6.52. The normalized spacial score (nSPS) is 30.0. The molecule has 1 spiro atoms. The average Bonchev–Trinajstić information content (AvgIpc) is 2.76. The molecule has 1 saturated heterocycles. The fourth-order valence-corrected chi connectivity index (χ4v) is 3.12. The first-order valence-corrected chi connectivity index (χ1v) is 5.48.